The van der Waals surface area contributed by atoms with E-state index in [1.807, 2.05) is 30.3 Å². The van der Waals surface area contributed by atoms with Crippen LogP contribution in [0, 0.1) is 0 Å². The summed E-state index contributed by atoms with van der Waals surface area (Å²) in [4.78, 5) is 23.6. The SMILES string of the molecule is O=C1NC(=O)[C@@]2(CCCC[C@@H]2c2ccccc2)N1. The molecule has 1 aromatic carbocycles. The lowest BCUT2D eigenvalue weighted by Gasteiger charge is -2.38. The Labute approximate surface area is 106 Å². The molecule has 0 bridgehead atoms. The van der Waals surface area contributed by atoms with Gasteiger partial charge in [0.1, 0.15) is 5.54 Å². The molecule has 1 aliphatic heterocycles. The minimum absolute atomic E-state index is 0.0823. The van der Waals surface area contributed by atoms with Gasteiger partial charge in [0.2, 0.25) is 0 Å². The maximum Gasteiger partial charge on any atom is 0.322 e. The molecule has 0 unspecified atom stereocenters. The van der Waals surface area contributed by atoms with E-state index in [4.69, 9.17) is 0 Å². The zero-order valence-electron chi connectivity index (χ0n) is 10.1. The van der Waals surface area contributed by atoms with Crippen LogP contribution in [0.2, 0.25) is 0 Å². The third-order valence-electron chi connectivity index (χ3n) is 4.08. The number of imide groups is 1. The molecule has 1 aromatic rings. The molecule has 2 aliphatic rings. The van der Waals surface area contributed by atoms with Gasteiger partial charge in [-0.2, -0.15) is 0 Å². The van der Waals surface area contributed by atoms with Crippen LogP contribution < -0.4 is 10.6 Å². The lowest BCUT2D eigenvalue weighted by atomic mass is 9.69. The van der Waals surface area contributed by atoms with Crippen molar-refractivity contribution >= 4 is 11.9 Å². The largest absolute Gasteiger partial charge is 0.323 e. The monoisotopic (exact) mass is 244 g/mol. The van der Waals surface area contributed by atoms with E-state index >= 15 is 0 Å². The number of urea groups is 1. The van der Waals surface area contributed by atoms with Gasteiger partial charge in [0.05, 0.1) is 0 Å². The topological polar surface area (TPSA) is 58.2 Å². The number of hydrogen-bond acceptors (Lipinski definition) is 2. The molecular weight excluding hydrogens is 228 g/mol. The van der Waals surface area contributed by atoms with E-state index in [9.17, 15) is 9.59 Å². The third-order valence-corrected chi connectivity index (χ3v) is 4.08. The van der Waals surface area contributed by atoms with E-state index < -0.39 is 5.54 Å². The molecule has 1 aliphatic carbocycles. The summed E-state index contributed by atoms with van der Waals surface area (Å²) in [6.07, 6.45) is 3.75. The molecule has 94 valence electrons. The molecule has 1 heterocycles. The van der Waals surface area contributed by atoms with Crippen molar-refractivity contribution in [3.05, 3.63) is 35.9 Å². The second-order valence-electron chi connectivity index (χ2n) is 5.09. The average molecular weight is 244 g/mol. The van der Waals surface area contributed by atoms with Crippen molar-refractivity contribution in [1.82, 2.24) is 10.6 Å². The van der Waals surface area contributed by atoms with Crippen molar-refractivity contribution in [2.24, 2.45) is 0 Å². The zero-order valence-corrected chi connectivity index (χ0v) is 10.1. The van der Waals surface area contributed by atoms with Crippen molar-refractivity contribution in [2.75, 3.05) is 0 Å². The molecular formula is C14H16N2O2. The Hall–Kier alpha value is -1.84. The molecule has 1 spiro atoms. The summed E-state index contributed by atoms with van der Waals surface area (Å²) in [6, 6.07) is 9.64. The number of carbonyl (C=O) groups excluding carboxylic acids is 2. The van der Waals surface area contributed by atoms with Crippen molar-refractivity contribution in [1.29, 1.82) is 0 Å². The summed E-state index contributed by atoms with van der Waals surface area (Å²) in [6.45, 7) is 0. The highest BCUT2D eigenvalue weighted by Crippen LogP contribution is 2.42. The number of benzene rings is 1. The first-order chi connectivity index (χ1) is 8.72. The molecule has 0 radical (unpaired) electrons. The van der Waals surface area contributed by atoms with Gasteiger partial charge >= 0.3 is 6.03 Å². The maximum atomic E-state index is 12.2. The first-order valence-electron chi connectivity index (χ1n) is 6.41. The lowest BCUT2D eigenvalue weighted by Crippen LogP contribution is -2.53. The van der Waals surface area contributed by atoms with Crippen molar-refractivity contribution in [3.63, 3.8) is 0 Å². The summed E-state index contributed by atoms with van der Waals surface area (Å²) in [5.41, 5.74) is 0.408. The number of nitrogens with one attached hydrogen (secondary N) is 2. The van der Waals surface area contributed by atoms with Gasteiger partial charge in [-0.1, -0.05) is 43.2 Å². The molecule has 2 N–H and O–H groups in total. The predicted octanol–water partition coefficient (Wildman–Crippen LogP) is 1.92. The third kappa shape index (κ3) is 1.60. The molecule has 4 nitrogen and oxygen atoms in total. The van der Waals surface area contributed by atoms with Crippen LogP contribution in [0.25, 0.3) is 0 Å². The fraction of sp³-hybridized carbons (Fsp3) is 0.429. The smallest absolute Gasteiger partial charge is 0.322 e. The maximum absolute atomic E-state index is 12.2. The number of rotatable bonds is 1. The average Bonchev–Trinajstić information content (AvgIpc) is 2.66. The van der Waals surface area contributed by atoms with Crippen molar-refractivity contribution in [2.45, 2.75) is 37.1 Å². The summed E-state index contributed by atoms with van der Waals surface area (Å²) >= 11 is 0. The Balaban J connectivity index is 2.01. The van der Waals surface area contributed by atoms with Crippen molar-refractivity contribution in [3.8, 4) is 0 Å². The van der Waals surface area contributed by atoms with Crippen LogP contribution in [-0.4, -0.2) is 17.5 Å². The number of amides is 3. The summed E-state index contributed by atoms with van der Waals surface area (Å²) in [5, 5.41) is 5.26. The van der Waals surface area contributed by atoms with Gasteiger partial charge in [0.25, 0.3) is 5.91 Å². The molecule has 4 heteroatoms. The molecule has 1 saturated heterocycles. The first kappa shape index (κ1) is 11.3. The normalized spacial score (nSPS) is 31.2. The van der Waals surface area contributed by atoms with Crippen LogP contribution in [0.4, 0.5) is 4.79 Å². The first-order valence-corrected chi connectivity index (χ1v) is 6.41. The van der Waals surface area contributed by atoms with Crippen LogP contribution in [0.5, 0.6) is 0 Å². The molecule has 1 saturated carbocycles. The zero-order chi connectivity index (χ0) is 12.6. The van der Waals surface area contributed by atoms with Gasteiger partial charge in [-0.05, 0) is 18.4 Å². The molecule has 2 fully saturated rings. The van der Waals surface area contributed by atoms with E-state index in [1.165, 1.54) is 0 Å². The molecule has 2 atom stereocenters. The Morgan fingerprint density at radius 1 is 1.11 bits per heavy atom. The molecule has 3 amide bonds. The Morgan fingerprint density at radius 3 is 2.56 bits per heavy atom. The highest BCUT2D eigenvalue weighted by atomic mass is 16.2. The Kier molecular flexibility index (Phi) is 2.58. The van der Waals surface area contributed by atoms with Gasteiger partial charge in [-0.15, -0.1) is 0 Å². The molecule has 3 rings (SSSR count). The fourth-order valence-corrected chi connectivity index (χ4v) is 3.24. The quantitative estimate of drug-likeness (QED) is 0.741. The minimum Gasteiger partial charge on any atom is -0.323 e. The van der Waals surface area contributed by atoms with E-state index in [1.54, 1.807) is 0 Å². The lowest BCUT2D eigenvalue weighted by molar-refractivity contribution is -0.125. The van der Waals surface area contributed by atoms with Gasteiger partial charge < -0.3 is 5.32 Å². The minimum atomic E-state index is -0.726. The van der Waals surface area contributed by atoms with E-state index in [2.05, 4.69) is 10.6 Å². The van der Waals surface area contributed by atoms with Crippen molar-refractivity contribution < 1.29 is 9.59 Å². The molecule has 0 aromatic heterocycles. The summed E-state index contributed by atoms with van der Waals surface area (Å²) in [7, 11) is 0. The Bertz CT molecular complexity index is 486. The summed E-state index contributed by atoms with van der Waals surface area (Å²) in [5.74, 6) is -0.0834. The Morgan fingerprint density at radius 2 is 1.89 bits per heavy atom. The van der Waals surface area contributed by atoms with Crippen LogP contribution >= 0.6 is 0 Å². The van der Waals surface area contributed by atoms with Gasteiger partial charge in [-0.25, -0.2) is 4.79 Å². The predicted molar refractivity (Wildman–Crippen MR) is 67.1 cm³/mol. The second-order valence-corrected chi connectivity index (χ2v) is 5.09. The van der Waals surface area contributed by atoms with Gasteiger partial charge in [-0.3, -0.25) is 10.1 Å². The highest BCUT2D eigenvalue weighted by Gasteiger charge is 2.52. The summed E-state index contributed by atoms with van der Waals surface area (Å²) < 4.78 is 0. The van der Waals surface area contributed by atoms with E-state index in [-0.39, 0.29) is 17.9 Å². The highest BCUT2D eigenvalue weighted by molar-refractivity contribution is 6.07. The van der Waals surface area contributed by atoms with Crippen LogP contribution in [0.1, 0.15) is 37.2 Å². The van der Waals surface area contributed by atoms with E-state index in [0.29, 0.717) is 0 Å². The fourth-order valence-electron chi connectivity index (χ4n) is 3.24. The van der Waals surface area contributed by atoms with Gasteiger partial charge in [0.15, 0.2) is 0 Å². The van der Waals surface area contributed by atoms with Crippen LogP contribution in [-0.2, 0) is 4.79 Å². The number of hydrogen-bond donors (Lipinski definition) is 2. The second kappa shape index (κ2) is 4.12. The molecule has 18 heavy (non-hydrogen) atoms. The van der Waals surface area contributed by atoms with E-state index in [0.717, 1.165) is 31.2 Å². The number of carbonyl (C=O) groups is 2. The standard InChI is InChI=1S/C14H16N2O2/c17-12-14(16-13(18)15-12)9-5-4-8-11(14)10-6-2-1-3-7-10/h1-3,6-7,11H,4-5,8-9H2,(H2,15,16,17,18)/t11-,14+/m1/s1. The van der Waals surface area contributed by atoms with Crippen LogP contribution in [0.3, 0.4) is 0 Å². The van der Waals surface area contributed by atoms with Crippen LogP contribution in [0.15, 0.2) is 30.3 Å². The van der Waals surface area contributed by atoms with Gasteiger partial charge in [0, 0.05) is 5.92 Å².